The summed E-state index contributed by atoms with van der Waals surface area (Å²) in [4.78, 5) is 10.1. The molecule has 2 aromatic heterocycles. The molecule has 3 aromatic rings. The molecule has 1 N–H and O–H groups in total. The molecule has 0 saturated heterocycles. The highest BCUT2D eigenvalue weighted by Crippen LogP contribution is 2.41. The highest BCUT2D eigenvalue weighted by atomic mass is 19.1. The Morgan fingerprint density at radius 2 is 1.86 bits per heavy atom. The number of H-pyrrole nitrogens is 1. The number of pyridine rings is 1. The SMILES string of the molecule is CC1=C[C@@H]2CC(c3c[nH]c(-c4ccc(F)cc4)c3-c3ccncc3)=CCN2C1. The van der Waals surface area contributed by atoms with Gasteiger partial charge in [0.2, 0.25) is 0 Å². The highest BCUT2D eigenvalue weighted by Gasteiger charge is 2.28. The van der Waals surface area contributed by atoms with E-state index in [9.17, 15) is 4.39 Å². The fraction of sp³-hybridized carbons (Fsp3) is 0.208. The molecule has 140 valence electrons. The predicted molar refractivity (Wildman–Crippen MR) is 111 cm³/mol. The van der Waals surface area contributed by atoms with Crippen molar-refractivity contribution in [1.82, 2.24) is 14.9 Å². The molecule has 0 unspecified atom stereocenters. The number of hydrogen-bond donors (Lipinski definition) is 1. The van der Waals surface area contributed by atoms with E-state index >= 15 is 0 Å². The Labute approximate surface area is 164 Å². The zero-order valence-electron chi connectivity index (χ0n) is 15.8. The molecule has 4 heteroatoms. The Kier molecular flexibility index (Phi) is 4.21. The second-order valence-electron chi connectivity index (χ2n) is 7.64. The van der Waals surface area contributed by atoms with Gasteiger partial charge in [0, 0.05) is 48.8 Å². The molecule has 2 aliphatic rings. The molecule has 2 aliphatic heterocycles. The van der Waals surface area contributed by atoms with Gasteiger partial charge >= 0.3 is 0 Å². The topological polar surface area (TPSA) is 31.9 Å². The van der Waals surface area contributed by atoms with Crippen LogP contribution in [-0.2, 0) is 0 Å². The molecule has 4 heterocycles. The minimum absolute atomic E-state index is 0.223. The zero-order chi connectivity index (χ0) is 19.1. The summed E-state index contributed by atoms with van der Waals surface area (Å²) >= 11 is 0. The molecule has 1 atom stereocenters. The minimum atomic E-state index is -0.223. The van der Waals surface area contributed by atoms with Gasteiger partial charge in [-0.05, 0) is 66.4 Å². The van der Waals surface area contributed by atoms with Gasteiger partial charge in [0.1, 0.15) is 5.82 Å². The molecule has 0 fully saturated rings. The quantitative estimate of drug-likeness (QED) is 0.634. The molecule has 0 radical (unpaired) electrons. The van der Waals surface area contributed by atoms with Crippen LogP contribution < -0.4 is 0 Å². The monoisotopic (exact) mass is 371 g/mol. The first kappa shape index (κ1) is 17.1. The van der Waals surface area contributed by atoms with Crippen LogP contribution in [0.3, 0.4) is 0 Å². The van der Waals surface area contributed by atoms with Crippen molar-refractivity contribution in [3.63, 3.8) is 0 Å². The van der Waals surface area contributed by atoms with Crippen molar-refractivity contribution in [3.05, 3.63) is 84.1 Å². The van der Waals surface area contributed by atoms with Crippen molar-refractivity contribution in [2.24, 2.45) is 0 Å². The first-order valence-electron chi connectivity index (χ1n) is 9.67. The third-order valence-corrected chi connectivity index (χ3v) is 5.73. The second kappa shape index (κ2) is 6.88. The van der Waals surface area contributed by atoms with Gasteiger partial charge in [-0.15, -0.1) is 0 Å². The molecule has 0 saturated carbocycles. The Hall–Kier alpha value is -2.98. The Morgan fingerprint density at radius 3 is 2.64 bits per heavy atom. The fourth-order valence-corrected chi connectivity index (χ4v) is 4.41. The molecule has 1 aromatic carbocycles. The Balaban J connectivity index is 1.62. The molecule has 0 spiro atoms. The van der Waals surface area contributed by atoms with Crippen molar-refractivity contribution in [2.45, 2.75) is 19.4 Å². The van der Waals surface area contributed by atoms with Crippen LogP contribution in [0, 0.1) is 5.82 Å². The lowest BCUT2D eigenvalue weighted by Crippen LogP contribution is -2.33. The van der Waals surface area contributed by atoms with Gasteiger partial charge in [-0.25, -0.2) is 4.39 Å². The Morgan fingerprint density at radius 1 is 1.07 bits per heavy atom. The number of halogens is 1. The van der Waals surface area contributed by atoms with Crippen LogP contribution in [0.25, 0.3) is 28.0 Å². The summed E-state index contributed by atoms with van der Waals surface area (Å²) in [6.07, 6.45) is 11.5. The molecule has 0 bridgehead atoms. The van der Waals surface area contributed by atoms with Gasteiger partial charge in [-0.1, -0.05) is 17.7 Å². The van der Waals surface area contributed by atoms with Crippen molar-refractivity contribution in [2.75, 3.05) is 13.1 Å². The molecule has 0 aliphatic carbocycles. The number of aromatic nitrogens is 2. The first-order valence-corrected chi connectivity index (χ1v) is 9.67. The van der Waals surface area contributed by atoms with E-state index in [1.165, 1.54) is 28.8 Å². The number of fused-ring (bicyclic) bond motifs is 1. The van der Waals surface area contributed by atoms with Crippen LogP contribution in [0.1, 0.15) is 18.9 Å². The summed E-state index contributed by atoms with van der Waals surface area (Å²) in [5.74, 6) is -0.223. The van der Waals surface area contributed by atoms with Crippen LogP contribution in [0.2, 0.25) is 0 Å². The van der Waals surface area contributed by atoms with Gasteiger partial charge in [-0.2, -0.15) is 0 Å². The molecule has 3 nitrogen and oxygen atoms in total. The van der Waals surface area contributed by atoms with Crippen LogP contribution >= 0.6 is 0 Å². The van der Waals surface area contributed by atoms with E-state index in [4.69, 9.17) is 0 Å². The molecular weight excluding hydrogens is 349 g/mol. The average Bonchev–Trinajstić information content (AvgIpc) is 3.31. The second-order valence-corrected chi connectivity index (χ2v) is 7.64. The molecular formula is C24H22FN3. The van der Waals surface area contributed by atoms with E-state index < -0.39 is 0 Å². The maximum absolute atomic E-state index is 13.4. The van der Waals surface area contributed by atoms with Gasteiger partial charge in [0.05, 0.1) is 5.69 Å². The lowest BCUT2D eigenvalue weighted by Gasteiger charge is -2.29. The van der Waals surface area contributed by atoms with Crippen molar-refractivity contribution in [3.8, 4) is 22.4 Å². The van der Waals surface area contributed by atoms with E-state index in [2.05, 4.69) is 40.1 Å². The van der Waals surface area contributed by atoms with Crippen molar-refractivity contribution >= 4 is 5.57 Å². The summed E-state index contributed by atoms with van der Waals surface area (Å²) in [6.45, 7) is 4.25. The third-order valence-electron chi connectivity index (χ3n) is 5.73. The molecule has 0 amide bonds. The Bertz CT molecular complexity index is 1060. The summed E-state index contributed by atoms with van der Waals surface area (Å²) < 4.78 is 13.4. The van der Waals surface area contributed by atoms with Gasteiger partial charge in [0.15, 0.2) is 0 Å². The van der Waals surface area contributed by atoms with Crippen LogP contribution in [0.4, 0.5) is 4.39 Å². The predicted octanol–water partition coefficient (Wildman–Crippen LogP) is 5.30. The summed E-state index contributed by atoms with van der Waals surface area (Å²) in [7, 11) is 0. The largest absolute Gasteiger partial charge is 0.360 e. The minimum Gasteiger partial charge on any atom is -0.360 e. The fourth-order valence-electron chi connectivity index (χ4n) is 4.41. The normalized spacial score (nSPS) is 19.3. The number of nitrogens with one attached hydrogen (secondary N) is 1. The average molecular weight is 371 g/mol. The number of hydrogen-bond acceptors (Lipinski definition) is 2. The van der Waals surface area contributed by atoms with E-state index in [1.54, 1.807) is 0 Å². The number of benzene rings is 1. The van der Waals surface area contributed by atoms with Crippen LogP contribution in [0.15, 0.2) is 72.7 Å². The third kappa shape index (κ3) is 3.00. The zero-order valence-corrected chi connectivity index (χ0v) is 15.8. The molecule has 5 rings (SSSR count). The maximum Gasteiger partial charge on any atom is 0.123 e. The summed E-state index contributed by atoms with van der Waals surface area (Å²) in [5, 5.41) is 0. The van der Waals surface area contributed by atoms with Crippen molar-refractivity contribution < 1.29 is 4.39 Å². The van der Waals surface area contributed by atoms with E-state index in [0.717, 1.165) is 41.9 Å². The van der Waals surface area contributed by atoms with Crippen molar-refractivity contribution in [1.29, 1.82) is 0 Å². The standard InChI is InChI=1S/C24H22FN3/c1-16-12-21-13-19(8-11-28(21)15-16)22-14-27-24(18-2-4-20(25)5-3-18)23(22)17-6-9-26-10-7-17/h2-10,12,14,21,27H,11,13,15H2,1H3/t21-/m1/s1. The van der Waals surface area contributed by atoms with E-state index in [1.807, 2.05) is 36.7 Å². The van der Waals surface area contributed by atoms with Gasteiger partial charge in [0.25, 0.3) is 0 Å². The maximum atomic E-state index is 13.4. The number of nitrogens with zero attached hydrogens (tertiary/aromatic N) is 2. The molecule has 28 heavy (non-hydrogen) atoms. The lowest BCUT2D eigenvalue weighted by atomic mass is 9.90. The smallest absolute Gasteiger partial charge is 0.123 e. The van der Waals surface area contributed by atoms with Gasteiger partial charge in [-0.3, -0.25) is 9.88 Å². The van der Waals surface area contributed by atoms with E-state index in [0.29, 0.717) is 6.04 Å². The highest BCUT2D eigenvalue weighted by molar-refractivity contribution is 5.91. The number of aromatic amines is 1. The van der Waals surface area contributed by atoms with Gasteiger partial charge < -0.3 is 4.98 Å². The first-order chi connectivity index (χ1) is 13.7. The van der Waals surface area contributed by atoms with Crippen LogP contribution in [-0.4, -0.2) is 34.0 Å². The number of rotatable bonds is 3. The van der Waals surface area contributed by atoms with E-state index in [-0.39, 0.29) is 5.82 Å². The lowest BCUT2D eigenvalue weighted by molar-refractivity contribution is 0.292. The summed E-state index contributed by atoms with van der Waals surface area (Å²) in [5.41, 5.74) is 8.32. The summed E-state index contributed by atoms with van der Waals surface area (Å²) in [6, 6.07) is 11.2. The van der Waals surface area contributed by atoms with Crippen LogP contribution in [0.5, 0.6) is 0 Å².